The summed E-state index contributed by atoms with van der Waals surface area (Å²) < 4.78 is 2.22. The minimum atomic E-state index is -1.01. The summed E-state index contributed by atoms with van der Waals surface area (Å²) in [6.45, 7) is 4.08. The van der Waals surface area contributed by atoms with Crippen LogP contribution in [0.4, 0.5) is 0 Å². The number of aliphatic carboxylic acids is 1. The Morgan fingerprint density at radius 1 is 1.34 bits per heavy atom. The molecule has 1 aromatic rings. The van der Waals surface area contributed by atoms with Gasteiger partial charge in [-0.15, -0.1) is 0 Å². The average Bonchev–Trinajstić information content (AvgIpc) is 3.19. The Labute approximate surface area is 179 Å². The monoisotopic (exact) mass is 435 g/mol. The van der Waals surface area contributed by atoms with Gasteiger partial charge in [0.25, 0.3) is 5.91 Å². The Hall–Kier alpha value is -2.13. The van der Waals surface area contributed by atoms with Gasteiger partial charge in [-0.3, -0.25) is 14.5 Å². The second-order valence-corrected chi connectivity index (χ2v) is 9.34. The summed E-state index contributed by atoms with van der Waals surface area (Å²) in [7, 11) is 1.88. The third-order valence-corrected chi connectivity index (χ3v) is 6.65. The molecule has 3 heterocycles. The first kappa shape index (κ1) is 21.6. The van der Waals surface area contributed by atoms with E-state index in [4.69, 9.17) is 12.2 Å². The van der Waals surface area contributed by atoms with Crippen molar-refractivity contribution in [3.63, 3.8) is 0 Å². The number of hydrogen-bond acceptors (Lipinski definition) is 5. The van der Waals surface area contributed by atoms with Crippen LogP contribution in [0.25, 0.3) is 6.08 Å². The molecule has 0 spiro atoms. The zero-order chi connectivity index (χ0) is 21.3. The molecule has 9 heteroatoms. The molecule has 1 N–H and O–H groups in total. The molecule has 2 amide bonds. The Morgan fingerprint density at radius 2 is 2.07 bits per heavy atom. The second-order valence-electron chi connectivity index (χ2n) is 7.67. The highest BCUT2D eigenvalue weighted by Gasteiger charge is 2.45. The van der Waals surface area contributed by atoms with Gasteiger partial charge in [0.05, 0.1) is 4.91 Å². The van der Waals surface area contributed by atoms with E-state index in [1.54, 1.807) is 6.08 Å². The molecule has 2 atom stereocenters. The average molecular weight is 436 g/mol. The Kier molecular flexibility index (Phi) is 6.48. The van der Waals surface area contributed by atoms with Gasteiger partial charge in [0.2, 0.25) is 5.91 Å². The van der Waals surface area contributed by atoms with Gasteiger partial charge in [-0.25, -0.2) is 4.79 Å². The van der Waals surface area contributed by atoms with Crippen molar-refractivity contribution < 1.29 is 19.5 Å². The summed E-state index contributed by atoms with van der Waals surface area (Å²) in [5.74, 6) is -1.87. The van der Waals surface area contributed by atoms with Crippen molar-refractivity contribution in [1.29, 1.82) is 0 Å². The zero-order valence-electron chi connectivity index (χ0n) is 16.7. The van der Waals surface area contributed by atoms with Crippen molar-refractivity contribution in [3.8, 4) is 0 Å². The normalized spacial score (nSPS) is 22.6. The number of thioether (sulfide) groups is 1. The first-order chi connectivity index (χ1) is 13.7. The number of aromatic nitrogens is 1. The lowest BCUT2D eigenvalue weighted by atomic mass is 9.96. The van der Waals surface area contributed by atoms with Crippen molar-refractivity contribution in [3.05, 3.63) is 28.9 Å². The second kappa shape index (κ2) is 8.71. The molecular formula is C20H25N3O4S2. The highest BCUT2D eigenvalue weighted by molar-refractivity contribution is 8.26. The number of amides is 2. The van der Waals surface area contributed by atoms with E-state index in [2.05, 4.69) is 0 Å². The topological polar surface area (TPSA) is 82.8 Å². The van der Waals surface area contributed by atoms with Crippen LogP contribution in [0.1, 0.15) is 38.8 Å². The predicted molar refractivity (Wildman–Crippen MR) is 116 cm³/mol. The van der Waals surface area contributed by atoms with Gasteiger partial charge in [0.1, 0.15) is 16.4 Å². The maximum Gasteiger partial charge on any atom is 0.326 e. The Balaban J connectivity index is 1.90. The number of carbonyl (C=O) groups is 3. The molecule has 2 aliphatic heterocycles. The molecule has 0 aromatic carbocycles. The number of nitrogens with zero attached hydrogens (tertiary/aromatic N) is 3. The van der Waals surface area contributed by atoms with Gasteiger partial charge in [0.15, 0.2) is 0 Å². The summed E-state index contributed by atoms with van der Waals surface area (Å²) in [6.07, 6.45) is 5.61. The summed E-state index contributed by atoms with van der Waals surface area (Å²) in [5.41, 5.74) is 0.861. The Bertz CT molecular complexity index is 877. The van der Waals surface area contributed by atoms with Crippen molar-refractivity contribution in [1.82, 2.24) is 14.4 Å². The van der Waals surface area contributed by atoms with Gasteiger partial charge < -0.3 is 14.6 Å². The molecular weight excluding hydrogens is 410 g/mol. The van der Waals surface area contributed by atoms with Crippen LogP contribution < -0.4 is 0 Å². The van der Waals surface area contributed by atoms with E-state index in [-0.39, 0.29) is 17.7 Å². The predicted octanol–water partition coefficient (Wildman–Crippen LogP) is 2.72. The van der Waals surface area contributed by atoms with Gasteiger partial charge in [0, 0.05) is 25.5 Å². The third kappa shape index (κ3) is 4.25. The van der Waals surface area contributed by atoms with Crippen LogP contribution in [0.15, 0.2) is 23.2 Å². The van der Waals surface area contributed by atoms with E-state index in [9.17, 15) is 19.5 Å². The molecule has 2 saturated heterocycles. The molecule has 0 bridgehead atoms. The smallest absolute Gasteiger partial charge is 0.326 e. The molecule has 2 fully saturated rings. The number of aryl methyl sites for hydroxylation is 1. The van der Waals surface area contributed by atoms with Crippen molar-refractivity contribution in [2.75, 3.05) is 6.54 Å². The molecule has 29 heavy (non-hydrogen) atoms. The van der Waals surface area contributed by atoms with E-state index >= 15 is 0 Å². The maximum absolute atomic E-state index is 13.4. The van der Waals surface area contributed by atoms with Gasteiger partial charge >= 0.3 is 5.97 Å². The third-order valence-electron chi connectivity index (χ3n) is 5.32. The quantitative estimate of drug-likeness (QED) is 0.566. The van der Waals surface area contributed by atoms with Gasteiger partial charge in [-0.05, 0) is 43.4 Å². The van der Waals surface area contributed by atoms with E-state index in [0.717, 1.165) is 18.5 Å². The van der Waals surface area contributed by atoms with Crippen LogP contribution >= 0.6 is 24.0 Å². The molecule has 1 aromatic heterocycles. The fourth-order valence-corrected chi connectivity index (χ4v) is 5.11. The van der Waals surface area contributed by atoms with E-state index < -0.39 is 18.1 Å². The van der Waals surface area contributed by atoms with Gasteiger partial charge in [-0.1, -0.05) is 37.8 Å². The van der Waals surface area contributed by atoms with E-state index in [1.807, 2.05) is 43.8 Å². The summed E-state index contributed by atoms with van der Waals surface area (Å²) >= 11 is 6.63. The molecule has 0 radical (unpaired) electrons. The lowest BCUT2D eigenvalue weighted by Gasteiger charge is -2.38. The number of carbonyl (C=O) groups excluding carboxylic acids is 2. The lowest BCUT2D eigenvalue weighted by Crippen LogP contribution is -2.57. The number of hydrogen-bond donors (Lipinski definition) is 1. The fraction of sp³-hybridized carbons (Fsp3) is 0.500. The summed E-state index contributed by atoms with van der Waals surface area (Å²) in [5, 5.41) is 9.54. The number of carboxylic acid groups (broad SMARTS) is 1. The molecule has 2 unspecified atom stereocenters. The van der Waals surface area contributed by atoms with Crippen LogP contribution in [0.5, 0.6) is 0 Å². The van der Waals surface area contributed by atoms with Gasteiger partial charge in [-0.2, -0.15) is 0 Å². The molecule has 3 rings (SSSR count). The van der Waals surface area contributed by atoms with Crippen molar-refractivity contribution >= 4 is 52.2 Å². The fourth-order valence-electron chi connectivity index (χ4n) is 3.79. The SMILES string of the molecule is CC(C)C(C(=O)N1CCCCC1C(=O)O)N1C(=O)C(=Cc2cccn2C)SC1=S. The summed E-state index contributed by atoms with van der Waals surface area (Å²) in [4.78, 5) is 41.4. The molecule has 0 aliphatic carbocycles. The van der Waals surface area contributed by atoms with Crippen LogP contribution in [-0.2, 0) is 21.4 Å². The minimum absolute atomic E-state index is 0.212. The van der Waals surface area contributed by atoms with Crippen molar-refractivity contribution in [2.45, 2.75) is 45.2 Å². The van der Waals surface area contributed by atoms with E-state index in [0.29, 0.717) is 22.2 Å². The van der Waals surface area contributed by atoms with Crippen LogP contribution in [0.2, 0.25) is 0 Å². The maximum atomic E-state index is 13.4. The lowest BCUT2D eigenvalue weighted by molar-refractivity contribution is -0.155. The van der Waals surface area contributed by atoms with Crippen molar-refractivity contribution in [2.24, 2.45) is 13.0 Å². The number of carboxylic acids is 1. The molecule has 0 saturated carbocycles. The number of thiocarbonyl (C=S) groups is 1. The van der Waals surface area contributed by atoms with Crippen LogP contribution in [0, 0.1) is 5.92 Å². The number of rotatable bonds is 5. The number of likely N-dealkylation sites (tertiary alicyclic amines) is 1. The molecule has 156 valence electrons. The minimum Gasteiger partial charge on any atom is -0.480 e. The first-order valence-corrected chi connectivity index (χ1v) is 10.9. The first-order valence-electron chi connectivity index (χ1n) is 9.64. The Morgan fingerprint density at radius 3 is 2.66 bits per heavy atom. The van der Waals surface area contributed by atoms with Crippen LogP contribution in [-0.4, -0.2) is 60.2 Å². The zero-order valence-corrected chi connectivity index (χ0v) is 18.3. The summed E-state index contributed by atoms with van der Waals surface area (Å²) in [6, 6.07) is 2.11. The highest BCUT2D eigenvalue weighted by Crippen LogP contribution is 2.36. The number of piperidine rings is 1. The van der Waals surface area contributed by atoms with Crippen LogP contribution in [0.3, 0.4) is 0 Å². The highest BCUT2D eigenvalue weighted by atomic mass is 32.2. The largest absolute Gasteiger partial charge is 0.480 e. The molecule has 2 aliphatic rings. The standard InChI is InChI=1S/C20H25N3O4S2/c1-12(2)16(18(25)22-10-5-4-8-14(22)19(26)27)23-17(24)15(29-20(23)28)11-13-7-6-9-21(13)3/h6-7,9,11-12,14,16H,4-5,8,10H2,1-3H3,(H,26,27). The molecule has 7 nitrogen and oxygen atoms in total. The van der Waals surface area contributed by atoms with E-state index in [1.165, 1.54) is 21.6 Å².